The second-order valence-corrected chi connectivity index (χ2v) is 7.51. The van der Waals surface area contributed by atoms with E-state index in [1.54, 1.807) is 54.6 Å². The molecule has 0 aliphatic rings. The van der Waals surface area contributed by atoms with Crippen LogP contribution >= 0.6 is 11.8 Å². The van der Waals surface area contributed by atoms with E-state index < -0.39 is 11.5 Å². The van der Waals surface area contributed by atoms with Gasteiger partial charge in [0.05, 0.1) is 5.75 Å². The first-order chi connectivity index (χ1) is 15.3. The fourth-order valence-corrected chi connectivity index (χ4v) is 3.31. The zero-order valence-electron chi connectivity index (χ0n) is 17.0. The minimum atomic E-state index is -0.632. The molecule has 11 heteroatoms. The van der Waals surface area contributed by atoms with Gasteiger partial charge in [0.15, 0.2) is 11.0 Å². The second kappa shape index (κ2) is 10.3. The van der Waals surface area contributed by atoms with Gasteiger partial charge in [-0.25, -0.2) is 4.98 Å². The molecule has 0 saturated heterocycles. The third-order valence-corrected chi connectivity index (χ3v) is 4.88. The third-order valence-electron chi connectivity index (χ3n) is 4.01. The highest BCUT2D eigenvalue weighted by Crippen LogP contribution is 2.19. The number of carbonyl (C=O) groups excluding carboxylic acids is 3. The van der Waals surface area contributed by atoms with Gasteiger partial charge in [-0.2, -0.15) is 0 Å². The summed E-state index contributed by atoms with van der Waals surface area (Å²) in [7, 11) is 0. The monoisotopic (exact) mass is 452 g/mol. The molecule has 0 bridgehead atoms. The molecule has 1 aromatic heterocycles. The highest BCUT2D eigenvalue weighted by atomic mass is 32.2. The number of aromatic nitrogens is 2. The maximum Gasteiger partial charge on any atom is 0.277 e. The first-order valence-corrected chi connectivity index (χ1v) is 10.4. The van der Waals surface area contributed by atoms with E-state index in [0.717, 1.165) is 11.8 Å². The van der Waals surface area contributed by atoms with Crippen LogP contribution in [0.25, 0.3) is 0 Å². The molecule has 6 N–H and O–H groups in total. The van der Waals surface area contributed by atoms with Crippen molar-refractivity contribution < 1.29 is 14.4 Å². The molecule has 3 rings (SSSR count). The Morgan fingerprint density at radius 3 is 2.34 bits per heavy atom. The number of nitrogens with zero attached hydrogens (tertiary/aromatic N) is 1. The Morgan fingerprint density at radius 1 is 1.00 bits per heavy atom. The van der Waals surface area contributed by atoms with Crippen molar-refractivity contribution in [2.24, 2.45) is 0 Å². The van der Waals surface area contributed by atoms with Gasteiger partial charge in [-0.15, -0.1) is 0 Å². The standard InChI is InChI=1S/C21H20N6O4S/c1-12(28)23-14-8-5-9-15(10-14)24-16(29)11-32-21-26-18(22)17(20(31)27-21)25-19(30)13-6-3-2-4-7-13/h2-10H,11H2,1H3,(H,23,28)(H,24,29)(H,25,30)(H3,22,26,27,31). The summed E-state index contributed by atoms with van der Waals surface area (Å²) in [5, 5.41) is 7.90. The second-order valence-electron chi connectivity index (χ2n) is 6.55. The molecule has 1 heterocycles. The van der Waals surface area contributed by atoms with Gasteiger partial charge in [-0.3, -0.25) is 24.2 Å². The van der Waals surface area contributed by atoms with Gasteiger partial charge in [0.25, 0.3) is 11.5 Å². The summed E-state index contributed by atoms with van der Waals surface area (Å²) in [6.45, 7) is 1.39. The van der Waals surface area contributed by atoms with Crippen molar-refractivity contribution >= 4 is 52.4 Å². The van der Waals surface area contributed by atoms with Crippen molar-refractivity contribution in [3.8, 4) is 0 Å². The molecule has 0 unspecified atom stereocenters. The average molecular weight is 452 g/mol. The van der Waals surface area contributed by atoms with Crippen molar-refractivity contribution in [3.63, 3.8) is 0 Å². The predicted octanol–water partition coefficient (Wildman–Crippen LogP) is 2.29. The number of nitrogens with one attached hydrogen (secondary N) is 4. The molecular formula is C21H20N6O4S. The lowest BCUT2D eigenvalue weighted by Gasteiger charge is -2.09. The number of nitrogens with two attached hydrogens (primary N) is 1. The van der Waals surface area contributed by atoms with E-state index in [9.17, 15) is 19.2 Å². The zero-order chi connectivity index (χ0) is 23.1. The SMILES string of the molecule is CC(=O)Nc1cccc(NC(=O)CSc2nc(N)c(NC(=O)c3ccccc3)c(=O)[nH]2)c1. The van der Waals surface area contributed by atoms with Gasteiger partial charge in [0.1, 0.15) is 5.69 Å². The highest BCUT2D eigenvalue weighted by Gasteiger charge is 2.14. The van der Waals surface area contributed by atoms with E-state index in [0.29, 0.717) is 16.9 Å². The summed E-state index contributed by atoms with van der Waals surface area (Å²) in [5.74, 6) is -1.28. The third kappa shape index (κ3) is 6.19. The molecule has 32 heavy (non-hydrogen) atoms. The number of hydrogen-bond acceptors (Lipinski definition) is 7. The van der Waals surface area contributed by atoms with E-state index in [-0.39, 0.29) is 34.2 Å². The number of nitrogen functional groups attached to an aromatic ring is 1. The summed E-state index contributed by atoms with van der Waals surface area (Å²) in [5.41, 5.74) is 6.46. The molecule has 0 atom stereocenters. The molecule has 3 aromatic rings. The fraction of sp³-hybridized carbons (Fsp3) is 0.0952. The van der Waals surface area contributed by atoms with Gasteiger partial charge in [0, 0.05) is 23.9 Å². The first-order valence-electron chi connectivity index (χ1n) is 9.38. The van der Waals surface area contributed by atoms with Crippen molar-refractivity contribution in [1.82, 2.24) is 9.97 Å². The summed E-state index contributed by atoms with van der Waals surface area (Å²) >= 11 is 0.974. The molecule has 2 aromatic carbocycles. The van der Waals surface area contributed by atoms with E-state index in [4.69, 9.17) is 5.73 Å². The number of aromatic amines is 1. The van der Waals surface area contributed by atoms with Gasteiger partial charge < -0.3 is 21.7 Å². The summed E-state index contributed by atoms with van der Waals surface area (Å²) in [6.07, 6.45) is 0. The first kappa shape index (κ1) is 22.6. The van der Waals surface area contributed by atoms with Crippen LogP contribution in [-0.4, -0.2) is 33.4 Å². The van der Waals surface area contributed by atoms with Crippen LogP contribution in [0, 0.1) is 0 Å². The van der Waals surface area contributed by atoms with Gasteiger partial charge in [0.2, 0.25) is 11.8 Å². The van der Waals surface area contributed by atoms with Crippen LogP contribution in [0.1, 0.15) is 17.3 Å². The lowest BCUT2D eigenvalue weighted by atomic mass is 10.2. The topological polar surface area (TPSA) is 159 Å². The van der Waals surface area contributed by atoms with Crippen molar-refractivity contribution in [2.75, 3.05) is 27.4 Å². The Balaban J connectivity index is 1.61. The maximum absolute atomic E-state index is 12.4. The molecule has 0 saturated carbocycles. The highest BCUT2D eigenvalue weighted by molar-refractivity contribution is 7.99. The van der Waals surface area contributed by atoms with E-state index in [1.807, 2.05) is 0 Å². The molecule has 0 spiro atoms. The Hall–Kier alpha value is -4.12. The summed E-state index contributed by atoms with van der Waals surface area (Å²) < 4.78 is 0. The fourth-order valence-electron chi connectivity index (χ4n) is 2.64. The minimum absolute atomic E-state index is 0.0531. The number of amides is 3. The van der Waals surface area contributed by atoms with Crippen LogP contribution in [-0.2, 0) is 9.59 Å². The molecular weight excluding hydrogens is 432 g/mol. The van der Waals surface area contributed by atoms with Crippen LogP contribution in [0.2, 0.25) is 0 Å². The molecule has 10 nitrogen and oxygen atoms in total. The quantitative estimate of drug-likeness (QED) is 0.272. The smallest absolute Gasteiger partial charge is 0.277 e. The Bertz CT molecular complexity index is 1210. The Morgan fingerprint density at radius 2 is 1.69 bits per heavy atom. The number of carbonyl (C=O) groups is 3. The van der Waals surface area contributed by atoms with E-state index >= 15 is 0 Å². The molecule has 0 aliphatic carbocycles. The summed E-state index contributed by atoms with van der Waals surface area (Å²) in [4.78, 5) is 54.5. The van der Waals surface area contributed by atoms with Crippen LogP contribution in [0.15, 0.2) is 64.5 Å². The van der Waals surface area contributed by atoms with Crippen molar-refractivity contribution in [3.05, 3.63) is 70.5 Å². The minimum Gasteiger partial charge on any atom is -0.382 e. The molecule has 3 amide bonds. The predicted molar refractivity (Wildman–Crippen MR) is 124 cm³/mol. The largest absolute Gasteiger partial charge is 0.382 e. The number of benzene rings is 2. The number of rotatable bonds is 7. The molecule has 0 radical (unpaired) electrons. The lowest BCUT2D eigenvalue weighted by Crippen LogP contribution is -2.23. The van der Waals surface area contributed by atoms with Crippen LogP contribution in [0.5, 0.6) is 0 Å². The summed E-state index contributed by atoms with van der Waals surface area (Å²) in [6, 6.07) is 15.0. The van der Waals surface area contributed by atoms with Gasteiger partial charge in [-0.1, -0.05) is 36.0 Å². The average Bonchev–Trinajstić information content (AvgIpc) is 2.75. The normalized spacial score (nSPS) is 10.3. The number of hydrogen-bond donors (Lipinski definition) is 5. The number of anilines is 4. The van der Waals surface area contributed by atoms with E-state index in [2.05, 4.69) is 25.9 Å². The Kier molecular flexibility index (Phi) is 7.24. The maximum atomic E-state index is 12.4. The van der Waals surface area contributed by atoms with Gasteiger partial charge >= 0.3 is 0 Å². The molecule has 164 valence electrons. The van der Waals surface area contributed by atoms with Crippen LogP contribution < -0.4 is 27.2 Å². The number of H-pyrrole nitrogens is 1. The zero-order valence-corrected chi connectivity index (χ0v) is 17.8. The van der Waals surface area contributed by atoms with Crippen molar-refractivity contribution in [1.29, 1.82) is 0 Å². The number of thioether (sulfide) groups is 1. The Labute approximate surface area is 187 Å². The van der Waals surface area contributed by atoms with E-state index in [1.165, 1.54) is 6.92 Å². The van der Waals surface area contributed by atoms with Gasteiger partial charge in [-0.05, 0) is 30.3 Å². The molecule has 0 aliphatic heterocycles. The van der Waals surface area contributed by atoms with Crippen LogP contribution in [0.4, 0.5) is 22.9 Å². The van der Waals surface area contributed by atoms with Crippen LogP contribution in [0.3, 0.4) is 0 Å². The van der Waals surface area contributed by atoms with Crippen molar-refractivity contribution in [2.45, 2.75) is 12.1 Å². The molecule has 0 fully saturated rings. The lowest BCUT2D eigenvalue weighted by molar-refractivity contribution is -0.114.